The first-order valence-corrected chi connectivity index (χ1v) is 11.4. The summed E-state index contributed by atoms with van der Waals surface area (Å²) in [7, 11) is -5.37. The molecule has 0 aliphatic carbocycles. The van der Waals surface area contributed by atoms with Crippen molar-refractivity contribution in [2.24, 2.45) is 0 Å². The van der Waals surface area contributed by atoms with E-state index in [0.717, 1.165) is 5.69 Å². The quantitative estimate of drug-likeness (QED) is 0.792. The predicted molar refractivity (Wildman–Crippen MR) is 99.9 cm³/mol. The second kappa shape index (κ2) is 6.85. The Balaban J connectivity index is 1.81. The first-order valence-electron chi connectivity index (χ1n) is 8.08. The van der Waals surface area contributed by atoms with Gasteiger partial charge in [-0.1, -0.05) is 18.2 Å². The SMILES string of the molecule is CN(C(=O)c1ccc(S(=O)(=O)[C@@H]2CCS(=O)(=O)C2)cc1)c1ccccc1. The predicted octanol–water partition coefficient (Wildman–Crippen LogP) is 1.92. The van der Waals surface area contributed by atoms with E-state index in [9.17, 15) is 21.6 Å². The van der Waals surface area contributed by atoms with Gasteiger partial charge in [0, 0.05) is 18.3 Å². The lowest BCUT2D eigenvalue weighted by molar-refractivity contribution is 0.0993. The highest BCUT2D eigenvalue weighted by molar-refractivity contribution is 7.96. The zero-order valence-electron chi connectivity index (χ0n) is 14.2. The first-order chi connectivity index (χ1) is 12.2. The minimum Gasteiger partial charge on any atom is -0.311 e. The molecule has 0 saturated carbocycles. The molecule has 2 aromatic rings. The van der Waals surface area contributed by atoms with E-state index < -0.39 is 24.9 Å². The van der Waals surface area contributed by atoms with Crippen LogP contribution in [0.2, 0.25) is 0 Å². The lowest BCUT2D eigenvalue weighted by Crippen LogP contribution is -2.26. The number of anilines is 1. The maximum Gasteiger partial charge on any atom is 0.258 e. The molecule has 0 bridgehead atoms. The van der Waals surface area contributed by atoms with Crippen molar-refractivity contribution in [1.82, 2.24) is 0 Å². The van der Waals surface area contributed by atoms with E-state index in [0.29, 0.717) is 5.56 Å². The maximum atomic E-state index is 12.6. The van der Waals surface area contributed by atoms with E-state index in [4.69, 9.17) is 0 Å². The number of carbonyl (C=O) groups excluding carboxylic acids is 1. The number of para-hydroxylation sites is 1. The molecule has 0 unspecified atom stereocenters. The highest BCUT2D eigenvalue weighted by Gasteiger charge is 2.38. The van der Waals surface area contributed by atoms with E-state index in [1.54, 1.807) is 19.2 Å². The van der Waals surface area contributed by atoms with Gasteiger partial charge in [-0.25, -0.2) is 16.8 Å². The van der Waals surface area contributed by atoms with Crippen molar-refractivity contribution in [3.63, 3.8) is 0 Å². The Bertz CT molecular complexity index is 1010. The zero-order valence-corrected chi connectivity index (χ0v) is 15.8. The summed E-state index contributed by atoms with van der Waals surface area (Å²) in [5.41, 5.74) is 1.08. The van der Waals surface area contributed by atoms with Crippen molar-refractivity contribution in [1.29, 1.82) is 0 Å². The van der Waals surface area contributed by atoms with E-state index in [1.165, 1.54) is 29.2 Å². The number of carbonyl (C=O) groups is 1. The normalized spacial score (nSPS) is 19.2. The smallest absolute Gasteiger partial charge is 0.258 e. The monoisotopic (exact) mass is 393 g/mol. The van der Waals surface area contributed by atoms with Gasteiger partial charge in [0.05, 0.1) is 21.7 Å². The van der Waals surface area contributed by atoms with Gasteiger partial charge in [-0.3, -0.25) is 4.79 Å². The molecule has 1 saturated heterocycles. The molecule has 1 heterocycles. The first kappa shape index (κ1) is 18.6. The summed E-state index contributed by atoms with van der Waals surface area (Å²) < 4.78 is 48.3. The molecule has 1 atom stereocenters. The number of hydrogen-bond acceptors (Lipinski definition) is 5. The van der Waals surface area contributed by atoms with Gasteiger partial charge >= 0.3 is 0 Å². The summed E-state index contributed by atoms with van der Waals surface area (Å²) in [5.74, 6) is -0.703. The lowest BCUT2D eigenvalue weighted by atomic mass is 10.2. The summed E-state index contributed by atoms with van der Waals surface area (Å²) in [5, 5.41) is -0.916. The van der Waals surface area contributed by atoms with Crippen molar-refractivity contribution in [2.75, 3.05) is 23.5 Å². The fourth-order valence-corrected chi connectivity index (χ4v) is 7.31. The van der Waals surface area contributed by atoms with E-state index in [2.05, 4.69) is 0 Å². The molecular formula is C18H19NO5S2. The third kappa shape index (κ3) is 3.66. The molecule has 1 aliphatic heterocycles. The average molecular weight is 393 g/mol. The molecule has 0 spiro atoms. The van der Waals surface area contributed by atoms with Gasteiger partial charge in [-0.2, -0.15) is 0 Å². The Morgan fingerprint density at radius 3 is 2.19 bits per heavy atom. The van der Waals surface area contributed by atoms with Gasteiger partial charge < -0.3 is 4.90 Å². The largest absolute Gasteiger partial charge is 0.311 e. The molecule has 1 aliphatic rings. The van der Waals surface area contributed by atoms with Gasteiger partial charge in [0.15, 0.2) is 19.7 Å². The Kier molecular flexibility index (Phi) is 4.90. The molecule has 3 rings (SSSR count). The number of hydrogen-bond donors (Lipinski definition) is 0. The summed E-state index contributed by atoms with van der Waals surface area (Å²) in [4.78, 5) is 14.1. The van der Waals surface area contributed by atoms with E-state index in [1.807, 2.05) is 18.2 Å². The number of rotatable bonds is 4. The molecule has 0 N–H and O–H groups in total. The number of sulfone groups is 2. The highest BCUT2D eigenvalue weighted by atomic mass is 32.2. The second-order valence-corrected chi connectivity index (χ2v) is 10.8. The van der Waals surface area contributed by atoms with Crippen molar-refractivity contribution in [3.8, 4) is 0 Å². The number of benzene rings is 2. The van der Waals surface area contributed by atoms with Crippen molar-refractivity contribution >= 4 is 31.3 Å². The summed E-state index contributed by atoms with van der Waals surface area (Å²) >= 11 is 0. The van der Waals surface area contributed by atoms with Crippen LogP contribution >= 0.6 is 0 Å². The third-order valence-corrected chi connectivity index (χ3v) is 8.70. The van der Waals surface area contributed by atoms with Crippen LogP contribution in [0.25, 0.3) is 0 Å². The highest BCUT2D eigenvalue weighted by Crippen LogP contribution is 2.26. The van der Waals surface area contributed by atoms with Crippen LogP contribution in [0.5, 0.6) is 0 Å². The van der Waals surface area contributed by atoms with Gasteiger partial charge in [-0.05, 0) is 42.8 Å². The van der Waals surface area contributed by atoms with Crippen LogP contribution in [0.3, 0.4) is 0 Å². The van der Waals surface area contributed by atoms with E-state index in [-0.39, 0.29) is 28.7 Å². The Hall–Kier alpha value is -2.19. The molecule has 0 aromatic heterocycles. The van der Waals surface area contributed by atoms with Gasteiger partial charge in [0.25, 0.3) is 5.91 Å². The summed E-state index contributed by atoms with van der Waals surface area (Å²) in [6, 6.07) is 14.8. The summed E-state index contributed by atoms with van der Waals surface area (Å²) in [6.07, 6.45) is 0.113. The lowest BCUT2D eigenvalue weighted by Gasteiger charge is -2.17. The maximum absolute atomic E-state index is 12.6. The molecular weight excluding hydrogens is 374 g/mol. The Labute approximate surface area is 153 Å². The summed E-state index contributed by atoms with van der Waals surface area (Å²) in [6.45, 7) is 0. The minimum atomic E-state index is -3.73. The van der Waals surface area contributed by atoms with Crippen molar-refractivity contribution < 1.29 is 21.6 Å². The standard InChI is InChI=1S/C18H19NO5S2/c1-19(15-5-3-2-4-6-15)18(20)14-7-9-16(10-8-14)26(23,24)17-11-12-25(21,22)13-17/h2-10,17H,11-13H2,1H3/t17-/m1/s1. The van der Waals surface area contributed by atoms with Gasteiger partial charge in [-0.15, -0.1) is 0 Å². The zero-order chi connectivity index (χ0) is 18.9. The Morgan fingerprint density at radius 1 is 1.04 bits per heavy atom. The second-order valence-electron chi connectivity index (χ2n) is 6.29. The van der Waals surface area contributed by atoms with Crippen LogP contribution in [0.4, 0.5) is 5.69 Å². The molecule has 6 nitrogen and oxygen atoms in total. The van der Waals surface area contributed by atoms with Gasteiger partial charge in [0.2, 0.25) is 0 Å². The van der Waals surface area contributed by atoms with Crippen LogP contribution < -0.4 is 4.90 Å². The van der Waals surface area contributed by atoms with Crippen LogP contribution in [0.15, 0.2) is 59.5 Å². The van der Waals surface area contributed by atoms with Crippen molar-refractivity contribution in [3.05, 3.63) is 60.2 Å². The van der Waals surface area contributed by atoms with Crippen LogP contribution in [-0.2, 0) is 19.7 Å². The minimum absolute atomic E-state index is 0.0403. The van der Waals surface area contributed by atoms with Crippen LogP contribution in [0, 0.1) is 0 Å². The molecule has 26 heavy (non-hydrogen) atoms. The average Bonchev–Trinajstić information content (AvgIpc) is 3.02. The third-order valence-electron chi connectivity index (χ3n) is 4.51. The molecule has 0 radical (unpaired) electrons. The molecule has 8 heteroatoms. The number of amides is 1. The van der Waals surface area contributed by atoms with E-state index >= 15 is 0 Å². The van der Waals surface area contributed by atoms with Crippen LogP contribution in [0.1, 0.15) is 16.8 Å². The molecule has 2 aromatic carbocycles. The number of nitrogens with zero attached hydrogens (tertiary/aromatic N) is 1. The van der Waals surface area contributed by atoms with Crippen LogP contribution in [-0.4, -0.2) is 46.5 Å². The molecule has 1 amide bonds. The fraction of sp³-hybridized carbons (Fsp3) is 0.278. The topological polar surface area (TPSA) is 88.6 Å². The molecule has 138 valence electrons. The fourth-order valence-electron chi connectivity index (χ4n) is 2.95. The van der Waals surface area contributed by atoms with Gasteiger partial charge in [0.1, 0.15) is 0 Å². The molecule has 1 fully saturated rings. The van der Waals surface area contributed by atoms with Crippen molar-refractivity contribution in [2.45, 2.75) is 16.6 Å². The Morgan fingerprint density at radius 2 is 1.65 bits per heavy atom.